The number of likely N-dealkylation sites (N-methyl/N-ethyl adjacent to an activating group) is 1. The lowest BCUT2D eigenvalue weighted by molar-refractivity contribution is 0.419. The molecular formula is C10H18N2O. The molecule has 1 aromatic rings. The number of hydrogen-bond acceptors (Lipinski definition) is 3. The zero-order valence-electron chi connectivity index (χ0n) is 8.79. The van der Waals surface area contributed by atoms with Crippen LogP contribution in [0.25, 0.3) is 0 Å². The highest BCUT2D eigenvalue weighted by Gasteiger charge is 2.09. The molecule has 0 aliphatic heterocycles. The van der Waals surface area contributed by atoms with Crippen LogP contribution in [0.15, 0.2) is 10.6 Å². The number of aromatic nitrogens is 1. The number of nitrogens with one attached hydrogen (secondary N) is 1. The Kier molecular flexibility index (Phi) is 3.48. The molecule has 0 aliphatic carbocycles. The molecule has 1 atom stereocenters. The summed E-state index contributed by atoms with van der Waals surface area (Å²) in [4.78, 5) is 4.21. The van der Waals surface area contributed by atoms with Crippen molar-refractivity contribution in [2.24, 2.45) is 0 Å². The molecule has 3 nitrogen and oxygen atoms in total. The van der Waals surface area contributed by atoms with Gasteiger partial charge in [-0.05, 0) is 14.0 Å². The Balaban J connectivity index is 2.58. The van der Waals surface area contributed by atoms with E-state index < -0.39 is 0 Å². The lowest BCUT2D eigenvalue weighted by Crippen LogP contribution is -2.23. The van der Waals surface area contributed by atoms with Crippen molar-refractivity contribution in [1.82, 2.24) is 10.3 Å². The average Bonchev–Trinajstić information content (AvgIpc) is 2.52. The molecule has 13 heavy (non-hydrogen) atoms. The minimum absolute atomic E-state index is 0.374. The maximum atomic E-state index is 5.57. The van der Waals surface area contributed by atoms with Crippen LogP contribution in [0.2, 0.25) is 0 Å². The highest BCUT2D eigenvalue weighted by molar-refractivity contribution is 4.98. The van der Waals surface area contributed by atoms with E-state index in [1.165, 1.54) is 0 Å². The second-order valence-electron chi connectivity index (χ2n) is 3.71. The zero-order chi connectivity index (χ0) is 9.84. The van der Waals surface area contributed by atoms with E-state index >= 15 is 0 Å². The molecule has 74 valence electrons. The summed E-state index contributed by atoms with van der Waals surface area (Å²) in [5.41, 5.74) is 0. The summed E-state index contributed by atoms with van der Waals surface area (Å²) in [6.45, 7) is 6.28. The van der Waals surface area contributed by atoms with Gasteiger partial charge in [-0.3, -0.25) is 0 Å². The summed E-state index contributed by atoms with van der Waals surface area (Å²) in [7, 11) is 1.95. The molecule has 0 saturated heterocycles. The normalized spacial score (nSPS) is 13.6. The number of oxazole rings is 1. The summed E-state index contributed by atoms with van der Waals surface area (Å²) in [6.07, 6.45) is 2.72. The Hall–Kier alpha value is -0.830. The quantitative estimate of drug-likeness (QED) is 0.773. The summed E-state index contributed by atoms with van der Waals surface area (Å²) >= 11 is 0. The van der Waals surface area contributed by atoms with Gasteiger partial charge >= 0.3 is 0 Å². The Morgan fingerprint density at radius 3 is 2.62 bits per heavy atom. The highest BCUT2D eigenvalue weighted by Crippen LogP contribution is 2.14. The van der Waals surface area contributed by atoms with Gasteiger partial charge in [0.15, 0.2) is 5.89 Å². The summed E-state index contributed by atoms with van der Waals surface area (Å²) in [5, 5.41) is 3.16. The molecule has 0 bridgehead atoms. The van der Waals surface area contributed by atoms with Crippen LogP contribution in [-0.2, 0) is 6.42 Å². The van der Waals surface area contributed by atoms with Crippen LogP contribution in [-0.4, -0.2) is 18.1 Å². The third kappa shape index (κ3) is 2.84. The maximum absolute atomic E-state index is 5.57. The molecule has 0 aliphatic rings. The minimum Gasteiger partial charge on any atom is -0.445 e. The molecule has 1 aromatic heterocycles. The van der Waals surface area contributed by atoms with Crippen molar-refractivity contribution in [1.29, 1.82) is 0 Å². The first-order valence-corrected chi connectivity index (χ1v) is 4.75. The molecule has 0 saturated carbocycles. The first kappa shape index (κ1) is 10.3. The minimum atomic E-state index is 0.374. The van der Waals surface area contributed by atoms with Crippen LogP contribution in [0.4, 0.5) is 0 Å². The van der Waals surface area contributed by atoms with Crippen LogP contribution >= 0.6 is 0 Å². The van der Waals surface area contributed by atoms with Crippen molar-refractivity contribution < 1.29 is 4.42 Å². The Morgan fingerprint density at radius 2 is 2.15 bits per heavy atom. The molecule has 0 aromatic carbocycles. The van der Waals surface area contributed by atoms with Gasteiger partial charge in [-0.15, -0.1) is 0 Å². The second-order valence-corrected chi connectivity index (χ2v) is 3.71. The second kappa shape index (κ2) is 4.42. The molecule has 1 unspecified atom stereocenters. The lowest BCUT2D eigenvalue weighted by Gasteiger charge is -2.06. The fraction of sp³-hybridized carbons (Fsp3) is 0.700. The fourth-order valence-electron chi connectivity index (χ4n) is 1.09. The van der Waals surface area contributed by atoms with Gasteiger partial charge in [0.25, 0.3) is 0 Å². The van der Waals surface area contributed by atoms with E-state index in [0.717, 1.165) is 18.1 Å². The van der Waals surface area contributed by atoms with Crippen molar-refractivity contribution in [2.45, 2.75) is 39.2 Å². The molecule has 1 heterocycles. The molecule has 1 N–H and O–H groups in total. The van der Waals surface area contributed by atoms with E-state index in [-0.39, 0.29) is 0 Å². The van der Waals surface area contributed by atoms with Gasteiger partial charge in [0.2, 0.25) is 0 Å². The average molecular weight is 182 g/mol. The standard InChI is InChI=1S/C10H18N2O/c1-7(2)10-12-6-9(13-10)5-8(3)11-4/h6-8,11H,5H2,1-4H3. The van der Waals surface area contributed by atoms with E-state index in [0.29, 0.717) is 12.0 Å². The largest absolute Gasteiger partial charge is 0.445 e. The fourth-order valence-corrected chi connectivity index (χ4v) is 1.09. The third-order valence-electron chi connectivity index (χ3n) is 2.07. The molecule has 0 spiro atoms. The molecule has 0 fully saturated rings. The van der Waals surface area contributed by atoms with Crippen molar-refractivity contribution in [3.8, 4) is 0 Å². The van der Waals surface area contributed by atoms with Gasteiger partial charge in [-0.1, -0.05) is 13.8 Å². The molecular weight excluding hydrogens is 164 g/mol. The van der Waals surface area contributed by atoms with Gasteiger partial charge in [0.1, 0.15) is 5.76 Å². The van der Waals surface area contributed by atoms with E-state index in [1.807, 2.05) is 13.2 Å². The van der Waals surface area contributed by atoms with Gasteiger partial charge in [-0.25, -0.2) is 4.98 Å². The van der Waals surface area contributed by atoms with Crippen LogP contribution in [0.5, 0.6) is 0 Å². The Bertz CT molecular complexity index is 255. The predicted molar refractivity (Wildman–Crippen MR) is 52.8 cm³/mol. The van der Waals surface area contributed by atoms with E-state index in [9.17, 15) is 0 Å². The molecule has 3 heteroatoms. The molecule has 0 amide bonds. The van der Waals surface area contributed by atoms with Crippen LogP contribution < -0.4 is 5.32 Å². The zero-order valence-corrected chi connectivity index (χ0v) is 8.79. The lowest BCUT2D eigenvalue weighted by atomic mass is 10.2. The van der Waals surface area contributed by atoms with Gasteiger partial charge in [-0.2, -0.15) is 0 Å². The number of nitrogens with zero attached hydrogens (tertiary/aromatic N) is 1. The monoisotopic (exact) mass is 182 g/mol. The number of hydrogen-bond donors (Lipinski definition) is 1. The van der Waals surface area contributed by atoms with Crippen molar-refractivity contribution in [3.63, 3.8) is 0 Å². The summed E-state index contributed by atoms with van der Waals surface area (Å²) in [6, 6.07) is 0.438. The first-order chi connectivity index (χ1) is 6.13. The van der Waals surface area contributed by atoms with E-state index in [4.69, 9.17) is 4.42 Å². The first-order valence-electron chi connectivity index (χ1n) is 4.75. The SMILES string of the molecule is CNC(C)Cc1cnc(C(C)C)o1. The maximum Gasteiger partial charge on any atom is 0.196 e. The van der Waals surface area contributed by atoms with Gasteiger partial charge in [0, 0.05) is 18.4 Å². The van der Waals surface area contributed by atoms with Crippen molar-refractivity contribution in [2.75, 3.05) is 7.05 Å². The summed E-state index contributed by atoms with van der Waals surface area (Å²) < 4.78 is 5.57. The third-order valence-corrected chi connectivity index (χ3v) is 2.07. The smallest absolute Gasteiger partial charge is 0.196 e. The van der Waals surface area contributed by atoms with E-state index in [1.54, 1.807) is 0 Å². The topological polar surface area (TPSA) is 38.1 Å². The Morgan fingerprint density at radius 1 is 1.46 bits per heavy atom. The van der Waals surface area contributed by atoms with Crippen molar-refractivity contribution in [3.05, 3.63) is 17.8 Å². The van der Waals surface area contributed by atoms with E-state index in [2.05, 4.69) is 31.1 Å². The molecule has 0 radical (unpaired) electrons. The molecule has 1 rings (SSSR count). The number of rotatable bonds is 4. The van der Waals surface area contributed by atoms with Gasteiger partial charge < -0.3 is 9.73 Å². The van der Waals surface area contributed by atoms with Crippen LogP contribution in [0.3, 0.4) is 0 Å². The van der Waals surface area contributed by atoms with Crippen molar-refractivity contribution >= 4 is 0 Å². The predicted octanol–water partition coefficient (Wildman–Crippen LogP) is 1.95. The Labute approximate surface area is 79.5 Å². The van der Waals surface area contributed by atoms with Crippen LogP contribution in [0, 0.1) is 0 Å². The van der Waals surface area contributed by atoms with Gasteiger partial charge in [0.05, 0.1) is 6.20 Å². The van der Waals surface area contributed by atoms with Crippen LogP contribution in [0.1, 0.15) is 38.3 Å². The summed E-state index contributed by atoms with van der Waals surface area (Å²) in [5.74, 6) is 2.17. The highest BCUT2D eigenvalue weighted by atomic mass is 16.4.